The molecule has 3 N–H and O–H groups in total. The number of hydrogen-bond donors (Lipinski definition) is 3. The summed E-state index contributed by atoms with van der Waals surface area (Å²) in [4.78, 5) is 64.4. The Labute approximate surface area is 350 Å². The predicted molar refractivity (Wildman–Crippen MR) is 224 cm³/mol. The van der Waals surface area contributed by atoms with Crippen LogP contribution in [0.4, 0.5) is 10.5 Å². The Kier molecular flexibility index (Phi) is 12.0. The Morgan fingerprint density at radius 1 is 1.03 bits per heavy atom. The number of anilines is 1. The summed E-state index contributed by atoms with van der Waals surface area (Å²) in [6.45, 7) is 5.44. The maximum absolute atomic E-state index is 14.6. The van der Waals surface area contributed by atoms with Gasteiger partial charge in [0.05, 0.1) is 31.2 Å². The highest BCUT2D eigenvalue weighted by atomic mass is 32.2. The first-order valence-corrected chi connectivity index (χ1v) is 21.9. The third-order valence-electron chi connectivity index (χ3n) is 11.1. The fourth-order valence-corrected chi connectivity index (χ4v) is 8.99. The Morgan fingerprint density at radius 3 is 2.47 bits per heavy atom. The van der Waals surface area contributed by atoms with E-state index in [0.717, 1.165) is 16.6 Å². The Bertz CT molecular complexity index is 2270. The lowest BCUT2D eigenvalue weighted by atomic mass is 10.1. The van der Waals surface area contributed by atoms with E-state index in [0.29, 0.717) is 36.1 Å². The van der Waals surface area contributed by atoms with Crippen molar-refractivity contribution in [2.45, 2.75) is 93.9 Å². The number of benzene rings is 2. The molecular weight excluding hydrogens is 793 g/mol. The molecule has 4 amide bonds. The molecule has 17 heteroatoms. The zero-order valence-corrected chi connectivity index (χ0v) is 35.7. The van der Waals surface area contributed by atoms with Crippen molar-refractivity contribution in [2.24, 2.45) is 5.92 Å². The van der Waals surface area contributed by atoms with Crippen LogP contribution in [0.1, 0.15) is 59.3 Å². The molecule has 3 aromatic rings. The number of carbonyl (C=O) groups is 4. The third kappa shape index (κ3) is 9.62. The molecule has 0 radical (unpaired) electrons. The molecule has 322 valence electrons. The molecule has 3 fully saturated rings. The number of amides is 4. The van der Waals surface area contributed by atoms with Gasteiger partial charge in [0.2, 0.25) is 27.7 Å². The maximum atomic E-state index is 14.6. The summed E-state index contributed by atoms with van der Waals surface area (Å²) >= 11 is 0. The highest BCUT2D eigenvalue weighted by Gasteiger charge is 2.62. The van der Waals surface area contributed by atoms with Crippen molar-refractivity contribution in [2.75, 3.05) is 45.9 Å². The average molecular weight is 847 g/mol. The second-order valence-electron chi connectivity index (χ2n) is 17.1. The summed E-state index contributed by atoms with van der Waals surface area (Å²) < 4.78 is 51.6. The zero-order chi connectivity index (χ0) is 43.0. The second kappa shape index (κ2) is 16.9. The largest absolute Gasteiger partial charge is 0.497 e. The van der Waals surface area contributed by atoms with Crippen LogP contribution in [-0.4, -0.2) is 118 Å². The monoisotopic (exact) mass is 846 g/mol. The van der Waals surface area contributed by atoms with Crippen molar-refractivity contribution >= 4 is 50.3 Å². The molecule has 1 aromatic heterocycles. The molecule has 1 unspecified atom stereocenters. The SMILES string of the molecule is COc1ccc2c(OC3C[C@H]4C(=O)N[C@]5(C(=O)NS(=O)(=O)C6CC6)C[C@H]5C=CCCOCC[C@H](NC(=O)OC(C)(C)C)C(=O)N4C3)nc(-c3ccc(N(C)C)cc3)cc2c1. The molecule has 7 rings (SSSR count). The molecule has 2 aliphatic heterocycles. The van der Waals surface area contributed by atoms with Crippen LogP contribution in [0.25, 0.3) is 22.0 Å². The van der Waals surface area contributed by atoms with Crippen molar-refractivity contribution < 1.29 is 46.5 Å². The number of hydrogen-bond acceptors (Lipinski definition) is 12. The van der Waals surface area contributed by atoms with Gasteiger partial charge in [0.1, 0.15) is 35.1 Å². The van der Waals surface area contributed by atoms with Crippen molar-refractivity contribution in [3.63, 3.8) is 0 Å². The van der Waals surface area contributed by atoms with Gasteiger partial charge in [-0.1, -0.05) is 24.3 Å². The van der Waals surface area contributed by atoms with Crippen molar-refractivity contribution in [3.05, 3.63) is 60.7 Å². The lowest BCUT2D eigenvalue weighted by Crippen LogP contribution is -2.58. The highest BCUT2D eigenvalue weighted by molar-refractivity contribution is 7.91. The van der Waals surface area contributed by atoms with Gasteiger partial charge >= 0.3 is 6.09 Å². The van der Waals surface area contributed by atoms with Gasteiger partial charge in [-0.25, -0.2) is 18.2 Å². The van der Waals surface area contributed by atoms with Crippen LogP contribution in [0, 0.1) is 5.92 Å². The number of carbonyl (C=O) groups excluding carboxylic acids is 4. The number of fused-ring (bicyclic) bond motifs is 3. The standard InChI is InChI=1S/C43H54N6O10S/c1-42(2,3)59-41(53)45-34-18-20-57-19-8-7-9-28-24-43(28,40(52)47-60(54,55)32-15-16-32)46-37(50)36-23-31(25-49(36)39(34)51)58-38-33-17-14-30(56-6)21-27(33)22-35(44-38)26-10-12-29(13-11-26)48(4)5/h7,9-14,17,21-22,28,31-32,34,36H,8,15-16,18-20,23-25H2,1-6H3,(H,45,53)(H,46,50)(H,47,52)/t28-,31?,34+,36+,43-/m1/s1. The minimum Gasteiger partial charge on any atom is -0.497 e. The van der Waals surface area contributed by atoms with Gasteiger partial charge in [-0.05, 0) is 88.2 Å². The summed E-state index contributed by atoms with van der Waals surface area (Å²) in [5.74, 6) is -1.67. The molecule has 4 aliphatic rings. The number of rotatable bonds is 9. The molecular formula is C43H54N6O10S. The van der Waals surface area contributed by atoms with E-state index in [2.05, 4.69) is 15.4 Å². The predicted octanol–water partition coefficient (Wildman–Crippen LogP) is 4.07. The summed E-state index contributed by atoms with van der Waals surface area (Å²) in [5.41, 5.74) is 0.0592. The molecule has 2 saturated carbocycles. The van der Waals surface area contributed by atoms with E-state index in [-0.39, 0.29) is 44.9 Å². The molecule has 60 heavy (non-hydrogen) atoms. The summed E-state index contributed by atoms with van der Waals surface area (Å²) in [5, 5.41) is 6.37. The van der Waals surface area contributed by atoms with Crippen molar-refractivity contribution in [1.29, 1.82) is 0 Å². The Balaban J connectivity index is 1.23. The number of ether oxygens (including phenoxy) is 4. The van der Waals surface area contributed by atoms with E-state index < -0.39 is 74.3 Å². The summed E-state index contributed by atoms with van der Waals surface area (Å²) in [6.07, 6.45) is 3.62. The first-order chi connectivity index (χ1) is 28.5. The van der Waals surface area contributed by atoms with Crippen LogP contribution in [0.5, 0.6) is 11.6 Å². The van der Waals surface area contributed by atoms with Crippen LogP contribution in [-0.2, 0) is 33.9 Å². The van der Waals surface area contributed by atoms with E-state index in [9.17, 15) is 27.6 Å². The minimum atomic E-state index is -3.93. The molecule has 2 aliphatic carbocycles. The normalized spacial score (nSPS) is 24.9. The second-order valence-corrected chi connectivity index (χ2v) is 19.0. The molecule has 5 atom stereocenters. The number of pyridine rings is 1. The molecule has 16 nitrogen and oxygen atoms in total. The van der Waals surface area contributed by atoms with Gasteiger partial charge < -0.3 is 39.4 Å². The molecule has 3 heterocycles. The van der Waals surface area contributed by atoms with Crippen LogP contribution in [0.3, 0.4) is 0 Å². The molecule has 0 spiro atoms. The van der Waals surface area contributed by atoms with Gasteiger partial charge in [-0.2, -0.15) is 0 Å². The van der Waals surface area contributed by atoms with Crippen LogP contribution in [0.15, 0.2) is 60.7 Å². The lowest BCUT2D eigenvalue weighted by molar-refractivity contribution is -0.141. The quantitative estimate of drug-likeness (QED) is 0.262. The molecule has 1 saturated heterocycles. The minimum absolute atomic E-state index is 0.00705. The van der Waals surface area contributed by atoms with Gasteiger partial charge in [0.25, 0.3) is 5.91 Å². The number of alkyl carbamates (subject to hydrolysis) is 1. The van der Waals surface area contributed by atoms with Gasteiger partial charge in [-0.3, -0.25) is 19.1 Å². The first kappa shape index (κ1) is 42.7. The van der Waals surface area contributed by atoms with Crippen LogP contribution >= 0.6 is 0 Å². The van der Waals surface area contributed by atoms with Gasteiger partial charge in [-0.15, -0.1) is 0 Å². The fourth-order valence-electron chi connectivity index (χ4n) is 7.62. The number of aromatic nitrogens is 1. The first-order valence-electron chi connectivity index (χ1n) is 20.3. The summed E-state index contributed by atoms with van der Waals surface area (Å²) in [7, 11) is 1.57. The third-order valence-corrected chi connectivity index (χ3v) is 12.9. The van der Waals surface area contributed by atoms with E-state index in [1.807, 2.05) is 67.5 Å². The average Bonchev–Trinajstić information content (AvgIpc) is 4.12. The fraction of sp³-hybridized carbons (Fsp3) is 0.512. The number of nitrogens with one attached hydrogen (secondary N) is 3. The zero-order valence-electron chi connectivity index (χ0n) is 34.9. The van der Waals surface area contributed by atoms with E-state index in [1.165, 1.54) is 4.90 Å². The van der Waals surface area contributed by atoms with Crippen molar-refractivity contribution in [3.8, 4) is 22.9 Å². The maximum Gasteiger partial charge on any atom is 0.408 e. The summed E-state index contributed by atoms with van der Waals surface area (Å²) in [6, 6.07) is 13.0. The van der Waals surface area contributed by atoms with E-state index >= 15 is 0 Å². The molecule has 2 aromatic carbocycles. The topological polar surface area (TPSA) is 195 Å². The van der Waals surface area contributed by atoms with Gasteiger partial charge in [0.15, 0.2) is 0 Å². The lowest BCUT2D eigenvalue weighted by Gasteiger charge is -2.30. The smallest absolute Gasteiger partial charge is 0.408 e. The Morgan fingerprint density at radius 2 is 1.78 bits per heavy atom. The highest BCUT2D eigenvalue weighted by Crippen LogP contribution is 2.46. The van der Waals surface area contributed by atoms with Crippen molar-refractivity contribution in [1.82, 2.24) is 25.2 Å². The number of nitrogens with zero attached hydrogens (tertiary/aromatic N) is 3. The van der Waals surface area contributed by atoms with Crippen LogP contribution in [0.2, 0.25) is 0 Å². The van der Waals surface area contributed by atoms with E-state index in [4.69, 9.17) is 23.9 Å². The number of methoxy groups -OCH3 is 1. The number of sulfonamides is 1. The molecule has 0 bridgehead atoms. The van der Waals surface area contributed by atoms with Gasteiger partial charge in [0, 0.05) is 56.1 Å². The Hall–Kier alpha value is -5.42. The van der Waals surface area contributed by atoms with E-state index in [1.54, 1.807) is 40.0 Å². The van der Waals surface area contributed by atoms with Crippen LogP contribution < -0.4 is 29.7 Å².